The minimum atomic E-state index is -0.123. The second-order valence-corrected chi connectivity index (χ2v) is 3.30. The molecule has 0 fully saturated rings. The second kappa shape index (κ2) is 4.11. The molecule has 0 atom stereocenters. The lowest BCUT2D eigenvalue weighted by molar-refractivity contribution is 0.282. The maximum Gasteiger partial charge on any atom is 0.248 e. The van der Waals surface area contributed by atoms with E-state index in [1.165, 1.54) is 6.07 Å². The lowest BCUT2D eigenvalue weighted by Crippen LogP contribution is -2.02. The van der Waals surface area contributed by atoms with Crippen LogP contribution in [-0.4, -0.2) is 10.1 Å². The fourth-order valence-electron chi connectivity index (χ4n) is 1.47. The van der Waals surface area contributed by atoms with Gasteiger partial charge in [0.15, 0.2) is 0 Å². The molecule has 1 aromatic carbocycles. The Morgan fingerprint density at radius 3 is 2.67 bits per heavy atom. The number of aliphatic hydroxyl groups excluding tert-OH is 1. The Kier molecular flexibility index (Phi) is 2.65. The first-order valence-electron chi connectivity index (χ1n) is 4.68. The highest BCUT2D eigenvalue weighted by Crippen LogP contribution is 2.18. The third kappa shape index (κ3) is 2.14. The number of pyridine rings is 1. The summed E-state index contributed by atoms with van der Waals surface area (Å²) in [5, 5.41) is 9.00. The Labute approximate surface area is 87.0 Å². The molecule has 3 heteroatoms. The summed E-state index contributed by atoms with van der Waals surface area (Å²) in [6.45, 7) is 0.0109. The number of hydrogen-bond acceptors (Lipinski definition) is 2. The monoisotopic (exact) mass is 201 g/mol. The summed E-state index contributed by atoms with van der Waals surface area (Å²) in [5.41, 5.74) is 2.51. The van der Waals surface area contributed by atoms with Gasteiger partial charge in [0.2, 0.25) is 5.56 Å². The van der Waals surface area contributed by atoms with Crippen molar-refractivity contribution in [2.75, 3.05) is 0 Å². The van der Waals surface area contributed by atoms with E-state index < -0.39 is 0 Å². The average Bonchev–Trinajstić information content (AvgIpc) is 2.29. The lowest BCUT2D eigenvalue weighted by Gasteiger charge is -2.02. The molecule has 0 bridgehead atoms. The van der Waals surface area contributed by atoms with Crippen LogP contribution < -0.4 is 5.56 Å². The molecule has 0 unspecified atom stereocenters. The fourth-order valence-corrected chi connectivity index (χ4v) is 1.47. The van der Waals surface area contributed by atoms with E-state index in [1.807, 2.05) is 30.3 Å². The van der Waals surface area contributed by atoms with Crippen molar-refractivity contribution in [1.82, 2.24) is 4.98 Å². The first-order valence-corrected chi connectivity index (χ1v) is 4.68. The molecule has 3 nitrogen and oxygen atoms in total. The number of benzene rings is 1. The van der Waals surface area contributed by atoms with Crippen molar-refractivity contribution >= 4 is 0 Å². The van der Waals surface area contributed by atoms with E-state index in [9.17, 15) is 4.79 Å². The van der Waals surface area contributed by atoms with Gasteiger partial charge in [0.05, 0.1) is 6.61 Å². The molecule has 76 valence electrons. The van der Waals surface area contributed by atoms with Crippen LogP contribution in [0.1, 0.15) is 5.56 Å². The Balaban J connectivity index is 2.49. The zero-order valence-electron chi connectivity index (χ0n) is 8.10. The summed E-state index contributed by atoms with van der Waals surface area (Å²) in [4.78, 5) is 13.7. The van der Waals surface area contributed by atoms with Gasteiger partial charge in [-0.1, -0.05) is 18.2 Å². The molecule has 0 saturated heterocycles. The van der Waals surface area contributed by atoms with Crippen LogP contribution in [0.3, 0.4) is 0 Å². The summed E-state index contributed by atoms with van der Waals surface area (Å²) in [6.07, 6.45) is 1.61. The number of aromatic nitrogens is 1. The highest BCUT2D eigenvalue weighted by atomic mass is 16.3. The molecule has 1 heterocycles. The number of aliphatic hydroxyl groups is 1. The Morgan fingerprint density at radius 2 is 1.93 bits per heavy atom. The molecule has 15 heavy (non-hydrogen) atoms. The van der Waals surface area contributed by atoms with Gasteiger partial charge in [-0.15, -0.1) is 0 Å². The summed E-state index contributed by atoms with van der Waals surface area (Å²) < 4.78 is 0. The summed E-state index contributed by atoms with van der Waals surface area (Å²) in [6, 6.07) is 10.9. The van der Waals surface area contributed by atoms with Gasteiger partial charge in [0.1, 0.15) is 0 Å². The quantitative estimate of drug-likeness (QED) is 0.774. The minimum absolute atomic E-state index is 0.0109. The smallest absolute Gasteiger partial charge is 0.248 e. The predicted molar refractivity (Wildman–Crippen MR) is 58.4 cm³/mol. The van der Waals surface area contributed by atoms with E-state index >= 15 is 0 Å². The first kappa shape index (κ1) is 9.68. The normalized spacial score (nSPS) is 10.2. The molecule has 0 aliphatic carbocycles. The standard InChI is InChI=1S/C12H11NO2/c14-8-9-2-1-3-10(6-9)11-4-5-13-12(15)7-11/h1-7,14H,8H2,(H,13,15). The Hall–Kier alpha value is -1.87. The predicted octanol–water partition coefficient (Wildman–Crippen LogP) is 1.53. The van der Waals surface area contributed by atoms with Crippen LogP contribution in [0.2, 0.25) is 0 Å². The fraction of sp³-hybridized carbons (Fsp3) is 0.0833. The number of nitrogens with one attached hydrogen (secondary N) is 1. The number of rotatable bonds is 2. The van der Waals surface area contributed by atoms with Crippen LogP contribution in [0.25, 0.3) is 11.1 Å². The van der Waals surface area contributed by atoms with Gasteiger partial charge in [-0.25, -0.2) is 0 Å². The van der Waals surface area contributed by atoms with Gasteiger partial charge < -0.3 is 10.1 Å². The largest absolute Gasteiger partial charge is 0.392 e. The molecule has 2 rings (SSSR count). The molecule has 0 spiro atoms. The van der Waals surface area contributed by atoms with Crippen LogP contribution in [0.5, 0.6) is 0 Å². The van der Waals surface area contributed by atoms with Crippen LogP contribution in [0.15, 0.2) is 47.4 Å². The van der Waals surface area contributed by atoms with Crippen molar-refractivity contribution in [1.29, 1.82) is 0 Å². The van der Waals surface area contributed by atoms with Gasteiger partial charge in [0.25, 0.3) is 0 Å². The van der Waals surface area contributed by atoms with Crippen molar-refractivity contribution in [2.24, 2.45) is 0 Å². The lowest BCUT2D eigenvalue weighted by atomic mass is 10.0. The van der Waals surface area contributed by atoms with E-state index in [4.69, 9.17) is 5.11 Å². The molecule has 0 saturated carbocycles. The van der Waals surface area contributed by atoms with Crippen molar-refractivity contribution in [3.8, 4) is 11.1 Å². The molecule has 0 radical (unpaired) electrons. The summed E-state index contributed by atoms with van der Waals surface area (Å²) >= 11 is 0. The number of aromatic amines is 1. The van der Waals surface area contributed by atoms with Crippen molar-refractivity contribution < 1.29 is 5.11 Å². The molecule has 0 aliphatic heterocycles. The molecule has 2 aromatic rings. The SMILES string of the molecule is O=c1cc(-c2cccc(CO)c2)cc[nH]1. The van der Waals surface area contributed by atoms with Gasteiger partial charge in [-0.05, 0) is 28.8 Å². The maximum atomic E-state index is 11.1. The van der Waals surface area contributed by atoms with E-state index in [1.54, 1.807) is 6.20 Å². The van der Waals surface area contributed by atoms with E-state index in [0.717, 1.165) is 16.7 Å². The Bertz CT molecular complexity index is 517. The minimum Gasteiger partial charge on any atom is -0.392 e. The van der Waals surface area contributed by atoms with Crippen molar-refractivity contribution in [3.05, 3.63) is 58.5 Å². The van der Waals surface area contributed by atoms with E-state index in [-0.39, 0.29) is 12.2 Å². The topological polar surface area (TPSA) is 53.1 Å². The molecular formula is C12H11NO2. The van der Waals surface area contributed by atoms with Crippen LogP contribution in [0, 0.1) is 0 Å². The molecule has 0 aliphatic rings. The summed E-state index contributed by atoms with van der Waals surface area (Å²) in [7, 11) is 0. The van der Waals surface area contributed by atoms with E-state index in [0.29, 0.717) is 0 Å². The maximum absolute atomic E-state index is 11.1. The third-order valence-corrected chi connectivity index (χ3v) is 2.22. The second-order valence-electron chi connectivity index (χ2n) is 3.30. The first-order chi connectivity index (χ1) is 7.29. The van der Waals surface area contributed by atoms with E-state index in [2.05, 4.69) is 4.98 Å². The third-order valence-electron chi connectivity index (χ3n) is 2.22. The average molecular weight is 201 g/mol. The van der Waals surface area contributed by atoms with Crippen molar-refractivity contribution in [3.63, 3.8) is 0 Å². The number of hydrogen-bond donors (Lipinski definition) is 2. The molecular weight excluding hydrogens is 190 g/mol. The zero-order chi connectivity index (χ0) is 10.7. The van der Waals surface area contributed by atoms with Gasteiger partial charge >= 0.3 is 0 Å². The van der Waals surface area contributed by atoms with Crippen molar-refractivity contribution in [2.45, 2.75) is 6.61 Å². The highest BCUT2D eigenvalue weighted by molar-refractivity contribution is 5.63. The zero-order valence-corrected chi connectivity index (χ0v) is 8.10. The highest BCUT2D eigenvalue weighted by Gasteiger charge is 1.98. The number of H-pyrrole nitrogens is 1. The molecule has 2 N–H and O–H groups in total. The van der Waals surface area contributed by atoms with Crippen LogP contribution in [0.4, 0.5) is 0 Å². The molecule has 0 amide bonds. The Morgan fingerprint density at radius 1 is 1.13 bits per heavy atom. The molecule has 1 aromatic heterocycles. The summed E-state index contributed by atoms with van der Waals surface area (Å²) in [5.74, 6) is 0. The van der Waals surface area contributed by atoms with Gasteiger partial charge in [-0.3, -0.25) is 4.79 Å². The van der Waals surface area contributed by atoms with Gasteiger partial charge in [-0.2, -0.15) is 0 Å². The van der Waals surface area contributed by atoms with Crippen LogP contribution >= 0.6 is 0 Å². The van der Waals surface area contributed by atoms with Crippen LogP contribution in [-0.2, 0) is 6.61 Å². The van der Waals surface area contributed by atoms with Gasteiger partial charge in [0, 0.05) is 12.3 Å².